The lowest BCUT2D eigenvalue weighted by atomic mass is 10.0. The van der Waals surface area contributed by atoms with Crippen LogP contribution in [0.4, 0.5) is 0 Å². The molecule has 96 valence electrons. The third-order valence-corrected chi connectivity index (χ3v) is 3.14. The Morgan fingerprint density at radius 3 is 2.74 bits per heavy atom. The summed E-state index contributed by atoms with van der Waals surface area (Å²) in [4.78, 5) is 8.82. The van der Waals surface area contributed by atoms with E-state index in [-0.39, 0.29) is 6.54 Å². The second-order valence-corrected chi connectivity index (χ2v) is 4.65. The fourth-order valence-corrected chi connectivity index (χ4v) is 2.11. The molecule has 0 bridgehead atoms. The first-order valence-electron chi connectivity index (χ1n) is 6.21. The number of benzene rings is 1. The zero-order chi connectivity index (χ0) is 13.4. The number of aryl methyl sites for hydroxylation is 2. The maximum Gasteiger partial charge on any atom is 0.210 e. The summed E-state index contributed by atoms with van der Waals surface area (Å²) in [6.07, 6.45) is 0. The molecule has 0 saturated heterocycles. The van der Waals surface area contributed by atoms with Crippen LogP contribution in [0.25, 0.3) is 22.5 Å². The largest absolute Gasteiger partial charge is 0.438 e. The van der Waals surface area contributed by atoms with Gasteiger partial charge < -0.3 is 10.2 Å². The zero-order valence-electron chi connectivity index (χ0n) is 11.0. The lowest BCUT2D eigenvalue weighted by Crippen LogP contribution is -1.95. The van der Waals surface area contributed by atoms with Gasteiger partial charge in [-0.3, -0.25) is 0 Å². The van der Waals surface area contributed by atoms with E-state index in [0.29, 0.717) is 17.1 Å². The Hall–Kier alpha value is -2.20. The Bertz CT molecular complexity index is 746. The lowest BCUT2D eigenvalue weighted by molar-refractivity contribution is 0.533. The van der Waals surface area contributed by atoms with Gasteiger partial charge in [0.25, 0.3) is 0 Å². The number of hydrogen-bond acceptors (Lipinski definition) is 4. The van der Waals surface area contributed by atoms with Gasteiger partial charge in [-0.1, -0.05) is 17.7 Å². The summed E-state index contributed by atoms with van der Waals surface area (Å²) < 4.78 is 5.46. The SMILES string of the molecule is Cc1ccc(C)c(-c2ccc3oc(CN)nc3n2)c1. The number of hydrogen-bond donors (Lipinski definition) is 1. The Labute approximate surface area is 111 Å². The second-order valence-electron chi connectivity index (χ2n) is 4.65. The van der Waals surface area contributed by atoms with Crippen molar-refractivity contribution in [3.63, 3.8) is 0 Å². The van der Waals surface area contributed by atoms with E-state index in [2.05, 4.69) is 42.0 Å². The van der Waals surface area contributed by atoms with Gasteiger partial charge in [0.2, 0.25) is 5.89 Å². The molecule has 0 amide bonds. The number of rotatable bonds is 2. The van der Waals surface area contributed by atoms with Crippen LogP contribution in [-0.2, 0) is 6.54 Å². The predicted molar refractivity (Wildman–Crippen MR) is 74.6 cm³/mol. The molecule has 2 aromatic heterocycles. The molecule has 0 unspecified atom stereocenters. The van der Waals surface area contributed by atoms with Gasteiger partial charge in [-0.2, -0.15) is 4.98 Å². The predicted octanol–water partition coefficient (Wildman–Crippen LogP) is 2.97. The molecule has 0 radical (unpaired) electrons. The number of nitrogens with two attached hydrogens (primary N) is 1. The maximum atomic E-state index is 5.52. The van der Waals surface area contributed by atoms with Gasteiger partial charge in [-0.15, -0.1) is 0 Å². The maximum absolute atomic E-state index is 5.52. The molecule has 0 aliphatic carbocycles. The third kappa shape index (κ3) is 2.11. The van der Waals surface area contributed by atoms with Crippen molar-refractivity contribution in [1.82, 2.24) is 9.97 Å². The van der Waals surface area contributed by atoms with Crippen LogP contribution in [0.15, 0.2) is 34.7 Å². The first-order valence-corrected chi connectivity index (χ1v) is 6.21. The van der Waals surface area contributed by atoms with Gasteiger partial charge in [0, 0.05) is 5.56 Å². The van der Waals surface area contributed by atoms with E-state index in [1.54, 1.807) is 0 Å². The minimum absolute atomic E-state index is 0.287. The van der Waals surface area contributed by atoms with Crippen molar-refractivity contribution in [2.24, 2.45) is 5.73 Å². The number of pyridine rings is 1. The van der Waals surface area contributed by atoms with Crippen molar-refractivity contribution in [2.45, 2.75) is 20.4 Å². The second kappa shape index (κ2) is 4.48. The van der Waals surface area contributed by atoms with E-state index >= 15 is 0 Å². The van der Waals surface area contributed by atoms with Crippen molar-refractivity contribution >= 4 is 11.2 Å². The van der Waals surface area contributed by atoms with E-state index in [1.165, 1.54) is 11.1 Å². The first kappa shape index (κ1) is 11.9. The summed E-state index contributed by atoms with van der Waals surface area (Å²) in [5.41, 5.74) is 11.2. The molecule has 0 spiro atoms. The average Bonchev–Trinajstić information content (AvgIpc) is 2.83. The van der Waals surface area contributed by atoms with E-state index in [0.717, 1.165) is 11.3 Å². The molecule has 0 fully saturated rings. The highest BCUT2D eigenvalue weighted by molar-refractivity contribution is 5.74. The molecular formula is C15H15N3O. The molecule has 0 aliphatic rings. The molecular weight excluding hydrogens is 238 g/mol. The van der Waals surface area contributed by atoms with Crippen molar-refractivity contribution in [3.05, 3.63) is 47.3 Å². The fourth-order valence-electron chi connectivity index (χ4n) is 2.11. The molecule has 0 saturated carbocycles. The van der Waals surface area contributed by atoms with Crippen LogP contribution in [0.3, 0.4) is 0 Å². The summed E-state index contributed by atoms with van der Waals surface area (Å²) in [6.45, 7) is 4.44. The van der Waals surface area contributed by atoms with E-state index < -0.39 is 0 Å². The van der Waals surface area contributed by atoms with E-state index in [9.17, 15) is 0 Å². The molecule has 3 aromatic rings. The first-order chi connectivity index (χ1) is 9.17. The number of oxazole rings is 1. The fraction of sp³-hybridized carbons (Fsp3) is 0.200. The molecule has 3 rings (SSSR count). The van der Waals surface area contributed by atoms with Crippen LogP contribution in [0, 0.1) is 13.8 Å². The Morgan fingerprint density at radius 2 is 1.95 bits per heavy atom. The topological polar surface area (TPSA) is 64.9 Å². The molecule has 2 N–H and O–H groups in total. The summed E-state index contributed by atoms with van der Waals surface area (Å²) in [5.74, 6) is 0.514. The molecule has 0 atom stereocenters. The summed E-state index contributed by atoms with van der Waals surface area (Å²) in [5, 5.41) is 0. The van der Waals surface area contributed by atoms with Crippen molar-refractivity contribution in [3.8, 4) is 11.3 Å². The van der Waals surface area contributed by atoms with Gasteiger partial charge in [0.05, 0.1) is 12.2 Å². The summed E-state index contributed by atoms with van der Waals surface area (Å²) >= 11 is 0. The standard InChI is InChI=1S/C15H15N3O/c1-9-3-4-10(2)11(7-9)12-5-6-13-15(17-12)18-14(8-16)19-13/h3-7H,8,16H2,1-2H3. The van der Waals surface area contributed by atoms with Gasteiger partial charge in [0.1, 0.15) is 0 Å². The zero-order valence-corrected chi connectivity index (χ0v) is 11.0. The number of fused-ring (bicyclic) bond motifs is 1. The average molecular weight is 253 g/mol. The molecule has 1 aromatic carbocycles. The number of nitrogens with zero attached hydrogens (tertiary/aromatic N) is 2. The molecule has 2 heterocycles. The van der Waals surface area contributed by atoms with Crippen LogP contribution in [0.5, 0.6) is 0 Å². The third-order valence-electron chi connectivity index (χ3n) is 3.14. The molecule has 4 nitrogen and oxygen atoms in total. The highest BCUT2D eigenvalue weighted by Crippen LogP contribution is 2.25. The van der Waals surface area contributed by atoms with Gasteiger partial charge in [0.15, 0.2) is 11.2 Å². The van der Waals surface area contributed by atoms with E-state index in [1.807, 2.05) is 12.1 Å². The van der Waals surface area contributed by atoms with Crippen LogP contribution < -0.4 is 5.73 Å². The summed E-state index contributed by atoms with van der Waals surface area (Å²) in [7, 11) is 0. The van der Waals surface area contributed by atoms with Crippen molar-refractivity contribution in [2.75, 3.05) is 0 Å². The van der Waals surface area contributed by atoms with Crippen LogP contribution in [-0.4, -0.2) is 9.97 Å². The normalized spacial score (nSPS) is 11.1. The minimum Gasteiger partial charge on any atom is -0.438 e. The number of aromatic nitrogens is 2. The highest BCUT2D eigenvalue weighted by Gasteiger charge is 2.09. The smallest absolute Gasteiger partial charge is 0.210 e. The minimum atomic E-state index is 0.287. The summed E-state index contributed by atoms with van der Waals surface area (Å²) in [6, 6.07) is 10.2. The van der Waals surface area contributed by atoms with Crippen LogP contribution in [0.1, 0.15) is 17.0 Å². The van der Waals surface area contributed by atoms with Crippen LogP contribution in [0.2, 0.25) is 0 Å². The van der Waals surface area contributed by atoms with E-state index in [4.69, 9.17) is 10.2 Å². The van der Waals surface area contributed by atoms with Gasteiger partial charge in [-0.25, -0.2) is 4.98 Å². The van der Waals surface area contributed by atoms with Crippen molar-refractivity contribution in [1.29, 1.82) is 0 Å². The van der Waals surface area contributed by atoms with Crippen LogP contribution >= 0.6 is 0 Å². The molecule has 19 heavy (non-hydrogen) atoms. The Kier molecular flexibility index (Phi) is 2.80. The quantitative estimate of drug-likeness (QED) is 0.762. The lowest BCUT2D eigenvalue weighted by Gasteiger charge is -2.05. The Morgan fingerprint density at radius 1 is 1.11 bits per heavy atom. The molecule has 4 heteroatoms. The van der Waals surface area contributed by atoms with Crippen molar-refractivity contribution < 1.29 is 4.42 Å². The highest BCUT2D eigenvalue weighted by atomic mass is 16.3. The monoisotopic (exact) mass is 253 g/mol. The van der Waals surface area contributed by atoms with Gasteiger partial charge >= 0.3 is 0 Å². The molecule has 0 aliphatic heterocycles. The Balaban J connectivity index is 2.16. The van der Waals surface area contributed by atoms with Gasteiger partial charge in [-0.05, 0) is 37.6 Å².